The lowest BCUT2D eigenvalue weighted by Gasteiger charge is -2.13. The van der Waals surface area contributed by atoms with Gasteiger partial charge in [-0.3, -0.25) is 0 Å². The van der Waals surface area contributed by atoms with Crippen LogP contribution in [0, 0.1) is 0 Å². The minimum atomic E-state index is 0.617. The van der Waals surface area contributed by atoms with Gasteiger partial charge in [0.1, 0.15) is 0 Å². The second kappa shape index (κ2) is 14.7. The summed E-state index contributed by atoms with van der Waals surface area (Å²) in [7, 11) is 0. The van der Waals surface area contributed by atoms with Crippen LogP contribution in [0.5, 0.6) is 0 Å². The molecule has 5 nitrogen and oxygen atoms in total. The fourth-order valence-corrected chi connectivity index (χ4v) is 9.11. The summed E-state index contributed by atoms with van der Waals surface area (Å²) in [5.74, 6) is 2.59. The van der Waals surface area contributed by atoms with Crippen LogP contribution in [0.2, 0.25) is 0 Å². The quantitative estimate of drug-likeness (QED) is 0.161. The van der Waals surface area contributed by atoms with Gasteiger partial charge in [-0.2, -0.15) is 0 Å². The van der Waals surface area contributed by atoms with Crippen molar-refractivity contribution in [1.82, 2.24) is 24.9 Å². The van der Waals surface area contributed by atoms with Crippen LogP contribution < -0.4 is 0 Å². The molecule has 0 N–H and O–H groups in total. The highest BCUT2D eigenvalue weighted by Gasteiger charge is 2.19. The molecule has 11 aromatic rings. The fraction of sp³-hybridized carbons (Fsp3) is 0. The van der Waals surface area contributed by atoms with Crippen molar-refractivity contribution in [3.8, 4) is 79.2 Å². The molecular weight excluding hydrogens is 739 g/mol. The molecule has 0 amide bonds. The van der Waals surface area contributed by atoms with Crippen molar-refractivity contribution in [3.63, 3.8) is 0 Å². The molecule has 3 heterocycles. The molecule has 0 aliphatic carbocycles. The van der Waals surface area contributed by atoms with Crippen LogP contribution in [0.4, 0.5) is 0 Å². The van der Waals surface area contributed by atoms with E-state index >= 15 is 0 Å². The van der Waals surface area contributed by atoms with Crippen molar-refractivity contribution in [1.29, 1.82) is 0 Å². The summed E-state index contributed by atoms with van der Waals surface area (Å²) >= 11 is 1.83. The molecule has 59 heavy (non-hydrogen) atoms. The topological polar surface area (TPSA) is 64.5 Å². The van der Waals surface area contributed by atoms with Crippen LogP contribution in [-0.2, 0) is 0 Å². The Hall–Kier alpha value is -7.67. The molecular formula is C53H33N5S. The van der Waals surface area contributed by atoms with Crippen LogP contribution in [0.15, 0.2) is 200 Å². The third kappa shape index (κ3) is 6.52. The number of thiophene rings is 1. The Balaban J connectivity index is 1.05. The molecule has 276 valence electrons. The van der Waals surface area contributed by atoms with E-state index in [4.69, 9.17) is 24.9 Å². The van der Waals surface area contributed by atoms with Crippen LogP contribution in [0.3, 0.4) is 0 Å². The van der Waals surface area contributed by atoms with Gasteiger partial charge in [0.15, 0.2) is 23.3 Å². The molecule has 3 aromatic heterocycles. The second-order valence-corrected chi connectivity index (χ2v) is 15.5. The minimum absolute atomic E-state index is 0.617. The monoisotopic (exact) mass is 771 g/mol. The highest BCUT2D eigenvalue weighted by Crippen LogP contribution is 2.44. The molecule has 0 unspecified atom stereocenters. The molecule has 11 rings (SSSR count). The molecule has 0 radical (unpaired) electrons. The third-order valence-electron chi connectivity index (χ3n) is 10.7. The van der Waals surface area contributed by atoms with Crippen molar-refractivity contribution < 1.29 is 0 Å². The van der Waals surface area contributed by atoms with Gasteiger partial charge < -0.3 is 0 Å². The lowest BCUT2D eigenvalue weighted by Crippen LogP contribution is -2.00. The Kier molecular flexibility index (Phi) is 8.60. The van der Waals surface area contributed by atoms with Gasteiger partial charge in [-0.05, 0) is 52.2 Å². The average molecular weight is 772 g/mol. The van der Waals surface area contributed by atoms with E-state index in [1.165, 1.54) is 30.9 Å². The van der Waals surface area contributed by atoms with Gasteiger partial charge in [-0.25, -0.2) is 24.9 Å². The molecule has 0 spiro atoms. The van der Waals surface area contributed by atoms with Gasteiger partial charge in [-0.1, -0.05) is 170 Å². The Morgan fingerprint density at radius 3 is 1.44 bits per heavy atom. The zero-order valence-corrected chi connectivity index (χ0v) is 32.5. The number of benzene rings is 8. The maximum atomic E-state index is 5.39. The highest BCUT2D eigenvalue weighted by molar-refractivity contribution is 7.26. The number of hydrogen-bond acceptors (Lipinski definition) is 6. The highest BCUT2D eigenvalue weighted by atomic mass is 32.1. The smallest absolute Gasteiger partial charge is 0.164 e. The van der Waals surface area contributed by atoms with Gasteiger partial charge in [0.2, 0.25) is 0 Å². The minimum Gasteiger partial charge on any atom is -0.228 e. The van der Waals surface area contributed by atoms with E-state index in [2.05, 4.69) is 133 Å². The second-order valence-electron chi connectivity index (χ2n) is 14.5. The standard InChI is InChI=1S/C53H33N5S/c1-4-16-34(17-5-1)45-33-46(55-53(54-45)44-32-39-22-10-11-27-42(39)49-48(44)43-28-12-13-29-47(43)59-49)40-25-14-23-37(30-40)38-24-15-26-41(31-38)52-57-50(35-18-6-2-7-19-35)56-51(58-52)36-20-8-3-9-21-36/h1-33H. The van der Waals surface area contributed by atoms with E-state index in [9.17, 15) is 0 Å². The Morgan fingerprint density at radius 1 is 0.305 bits per heavy atom. The average Bonchev–Trinajstić information content (AvgIpc) is 3.72. The van der Waals surface area contributed by atoms with E-state index < -0.39 is 0 Å². The van der Waals surface area contributed by atoms with Crippen molar-refractivity contribution in [3.05, 3.63) is 200 Å². The summed E-state index contributed by atoms with van der Waals surface area (Å²) in [5.41, 5.74) is 9.68. The van der Waals surface area contributed by atoms with Crippen molar-refractivity contribution in [2.75, 3.05) is 0 Å². The molecule has 8 aromatic carbocycles. The van der Waals surface area contributed by atoms with E-state index in [0.29, 0.717) is 23.3 Å². The van der Waals surface area contributed by atoms with Crippen LogP contribution >= 0.6 is 11.3 Å². The zero-order valence-electron chi connectivity index (χ0n) is 31.7. The maximum absolute atomic E-state index is 5.39. The molecule has 0 saturated carbocycles. The number of nitrogens with zero attached hydrogens (tertiary/aromatic N) is 5. The summed E-state index contributed by atoms with van der Waals surface area (Å²) in [6, 6.07) is 69.2. The number of aromatic nitrogens is 5. The van der Waals surface area contributed by atoms with Crippen molar-refractivity contribution in [2.45, 2.75) is 0 Å². The number of fused-ring (bicyclic) bond motifs is 5. The summed E-state index contributed by atoms with van der Waals surface area (Å²) in [4.78, 5) is 25.6. The van der Waals surface area contributed by atoms with Gasteiger partial charge in [0.25, 0.3) is 0 Å². The van der Waals surface area contributed by atoms with Gasteiger partial charge >= 0.3 is 0 Å². The summed E-state index contributed by atoms with van der Waals surface area (Å²) in [6.45, 7) is 0. The summed E-state index contributed by atoms with van der Waals surface area (Å²) in [6.07, 6.45) is 0. The first-order valence-corrected chi connectivity index (χ1v) is 20.4. The summed E-state index contributed by atoms with van der Waals surface area (Å²) < 4.78 is 2.50. The maximum Gasteiger partial charge on any atom is 0.164 e. The first-order valence-electron chi connectivity index (χ1n) is 19.6. The van der Waals surface area contributed by atoms with Crippen LogP contribution in [0.1, 0.15) is 0 Å². The van der Waals surface area contributed by atoms with Gasteiger partial charge in [0.05, 0.1) is 11.4 Å². The van der Waals surface area contributed by atoms with E-state index in [0.717, 1.165) is 55.9 Å². The number of hydrogen-bond donors (Lipinski definition) is 0. The van der Waals surface area contributed by atoms with Crippen molar-refractivity contribution >= 4 is 42.3 Å². The Bertz CT molecular complexity index is 3270. The zero-order chi connectivity index (χ0) is 39.1. The molecule has 0 atom stereocenters. The Morgan fingerprint density at radius 2 is 0.780 bits per heavy atom. The lowest BCUT2D eigenvalue weighted by molar-refractivity contribution is 1.07. The Labute approximate surface area is 345 Å². The predicted octanol–water partition coefficient (Wildman–Crippen LogP) is 13.9. The van der Waals surface area contributed by atoms with E-state index in [1.54, 1.807) is 0 Å². The first kappa shape index (κ1) is 34.6. The fourth-order valence-electron chi connectivity index (χ4n) is 7.84. The molecule has 0 bridgehead atoms. The third-order valence-corrected chi connectivity index (χ3v) is 11.9. The molecule has 6 heteroatoms. The van der Waals surface area contributed by atoms with Crippen LogP contribution in [-0.4, -0.2) is 24.9 Å². The SMILES string of the molecule is c1ccc(-c2cc(-c3cccc(-c4cccc(-c5nc(-c6ccccc6)nc(-c6ccccc6)n5)c4)c3)nc(-c3cc4ccccc4c4sc5ccccc5c34)n2)cc1. The normalized spacial score (nSPS) is 11.4. The number of rotatable bonds is 7. The van der Waals surface area contributed by atoms with Crippen LogP contribution in [0.25, 0.3) is 110 Å². The largest absolute Gasteiger partial charge is 0.228 e. The van der Waals surface area contributed by atoms with Crippen molar-refractivity contribution in [2.24, 2.45) is 0 Å². The van der Waals surface area contributed by atoms with Gasteiger partial charge in [-0.15, -0.1) is 11.3 Å². The first-order chi connectivity index (χ1) is 29.2. The van der Waals surface area contributed by atoms with E-state index in [-0.39, 0.29) is 0 Å². The van der Waals surface area contributed by atoms with Gasteiger partial charge in [0, 0.05) is 53.6 Å². The molecule has 0 fully saturated rings. The molecule has 0 aliphatic heterocycles. The predicted molar refractivity (Wildman–Crippen MR) is 244 cm³/mol. The molecule has 0 aliphatic rings. The lowest BCUT2D eigenvalue weighted by atomic mass is 9.98. The molecule has 0 saturated heterocycles. The summed E-state index contributed by atoms with van der Waals surface area (Å²) in [5, 5.41) is 4.82. The van der Waals surface area contributed by atoms with E-state index in [1.807, 2.05) is 78.1 Å².